The zero-order valence-electron chi connectivity index (χ0n) is 4.55. The van der Waals surface area contributed by atoms with Gasteiger partial charge in [0.15, 0.2) is 0 Å². The molecule has 0 atom stereocenters. The van der Waals surface area contributed by atoms with Gasteiger partial charge in [0.05, 0.1) is 0 Å². The monoisotopic (exact) mass is 113 g/mol. The summed E-state index contributed by atoms with van der Waals surface area (Å²) in [6.45, 7) is 0. The van der Waals surface area contributed by atoms with Crippen LogP contribution in [-0.2, 0) is 4.79 Å². The average molecular weight is 113 g/mol. The van der Waals surface area contributed by atoms with Crippen molar-refractivity contribution in [2.24, 2.45) is 11.7 Å². The maximum Gasteiger partial charge on any atom is 0.220 e. The van der Waals surface area contributed by atoms with Crippen molar-refractivity contribution in [2.75, 3.05) is 0 Å². The van der Waals surface area contributed by atoms with Crippen LogP contribution < -0.4 is 11.5 Å². The van der Waals surface area contributed by atoms with Gasteiger partial charge in [-0.2, -0.15) is 0 Å². The van der Waals surface area contributed by atoms with E-state index in [1.54, 1.807) is 0 Å². The lowest BCUT2D eigenvalue weighted by atomic mass is 9.80. The minimum Gasteiger partial charge on any atom is -0.369 e. The van der Waals surface area contributed by atoms with E-state index in [-0.39, 0.29) is 17.9 Å². The van der Waals surface area contributed by atoms with E-state index in [0.717, 1.165) is 0 Å². The van der Waals surface area contributed by atoms with Crippen molar-refractivity contribution in [3.63, 3.8) is 0 Å². The third-order valence-electron chi connectivity index (χ3n) is 1.54. The zero-order valence-corrected chi connectivity index (χ0v) is 4.55. The zero-order chi connectivity index (χ0) is 6.15. The summed E-state index contributed by atoms with van der Waals surface area (Å²) in [4.78, 5) is 10.3. The third-order valence-corrected chi connectivity index (χ3v) is 1.54. The Kier molecular flexibility index (Phi) is 1.21. The molecule has 3 N–H and O–H groups in total. The van der Waals surface area contributed by atoms with Gasteiger partial charge < -0.3 is 5.73 Å². The second-order valence-electron chi connectivity index (χ2n) is 2.27. The number of primary amides is 1. The molecule has 8 heavy (non-hydrogen) atoms. The van der Waals surface area contributed by atoms with Crippen molar-refractivity contribution >= 4 is 5.91 Å². The van der Waals surface area contributed by atoms with Crippen molar-refractivity contribution < 1.29 is 4.79 Å². The Hall–Kier alpha value is -0.570. The SMILES string of the molecule is [NH]C1CC(C(N)=O)C1. The van der Waals surface area contributed by atoms with Crippen LogP contribution in [0.1, 0.15) is 12.8 Å². The van der Waals surface area contributed by atoms with Crippen molar-refractivity contribution in [3.8, 4) is 0 Å². The van der Waals surface area contributed by atoms with Crippen molar-refractivity contribution in [2.45, 2.75) is 18.9 Å². The van der Waals surface area contributed by atoms with E-state index >= 15 is 0 Å². The standard InChI is InChI=1S/C5H9N2O/c6-4-1-3(2-4)5(7)8/h3-4,6H,1-2H2,(H2,7,8). The molecule has 0 aromatic rings. The van der Waals surface area contributed by atoms with Crippen LogP contribution in [-0.4, -0.2) is 11.9 Å². The molecular weight excluding hydrogens is 104 g/mol. The van der Waals surface area contributed by atoms with Crippen LogP contribution in [0.4, 0.5) is 0 Å². The van der Waals surface area contributed by atoms with Crippen molar-refractivity contribution in [3.05, 3.63) is 0 Å². The molecule has 0 spiro atoms. The van der Waals surface area contributed by atoms with E-state index < -0.39 is 0 Å². The summed E-state index contributed by atoms with van der Waals surface area (Å²) in [7, 11) is 0. The normalized spacial score (nSPS) is 36.1. The molecule has 0 saturated heterocycles. The number of hydrogen-bond acceptors (Lipinski definition) is 1. The lowest BCUT2D eigenvalue weighted by molar-refractivity contribution is -0.124. The van der Waals surface area contributed by atoms with Gasteiger partial charge in [-0.05, 0) is 12.8 Å². The number of carbonyl (C=O) groups is 1. The lowest BCUT2D eigenvalue weighted by Crippen LogP contribution is -2.38. The summed E-state index contributed by atoms with van der Waals surface area (Å²) in [5, 5.41) is 0. The molecule has 1 saturated carbocycles. The van der Waals surface area contributed by atoms with Crippen LogP contribution in [0, 0.1) is 5.92 Å². The molecule has 1 fully saturated rings. The molecule has 0 aromatic heterocycles. The third kappa shape index (κ3) is 0.816. The molecule has 1 radical (unpaired) electrons. The van der Waals surface area contributed by atoms with Gasteiger partial charge >= 0.3 is 0 Å². The summed E-state index contributed by atoms with van der Waals surface area (Å²) in [5.41, 5.74) is 12.0. The summed E-state index contributed by atoms with van der Waals surface area (Å²) in [5.74, 6) is -0.231. The minimum absolute atomic E-state index is 0.0116. The Morgan fingerprint density at radius 1 is 1.62 bits per heavy atom. The van der Waals surface area contributed by atoms with Gasteiger partial charge in [0, 0.05) is 12.0 Å². The van der Waals surface area contributed by atoms with E-state index in [1.165, 1.54) is 0 Å². The molecule has 3 heteroatoms. The fourth-order valence-corrected chi connectivity index (χ4v) is 0.850. The number of nitrogens with one attached hydrogen (secondary N) is 1. The number of rotatable bonds is 1. The average Bonchev–Trinajstić information content (AvgIpc) is 1.57. The minimum atomic E-state index is -0.242. The first-order chi connectivity index (χ1) is 3.70. The largest absolute Gasteiger partial charge is 0.369 e. The Morgan fingerprint density at radius 2 is 2.12 bits per heavy atom. The summed E-state index contributed by atoms with van der Waals surface area (Å²) in [6, 6.07) is -0.0208. The van der Waals surface area contributed by atoms with Gasteiger partial charge in [-0.15, -0.1) is 0 Å². The quantitative estimate of drug-likeness (QED) is 0.491. The van der Waals surface area contributed by atoms with E-state index in [4.69, 9.17) is 11.5 Å². The number of nitrogens with two attached hydrogens (primary N) is 1. The number of carbonyl (C=O) groups excluding carboxylic acids is 1. The number of amides is 1. The number of hydrogen-bond donors (Lipinski definition) is 1. The summed E-state index contributed by atoms with van der Waals surface area (Å²) in [6.07, 6.45) is 1.35. The maximum absolute atomic E-state index is 10.3. The van der Waals surface area contributed by atoms with Crippen LogP contribution in [0.2, 0.25) is 0 Å². The van der Waals surface area contributed by atoms with Crippen LogP contribution in [0.5, 0.6) is 0 Å². The first-order valence-corrected chi connectivity index (χ1v) is 2.70. The van der Waals surface area contributed by atoms with Gasteiger partial charge in [0.1, 0.15) is 0 Å². The molecule has 45 valence electrons. The second kappa shape index (κ2) is 1.74. The highest BCUT2D eigenvalue weighted by atomic mass is 16.1. The topological polar surface area (TPSA) is 66.9 Å². The van der Waals surface area contributed by atoms with Gasteiger partial charge in [0.2, 0.25) is 5.91 Å². The van der Waals surface area contributed by atoms with E-state index in [9.17, 15) is 4.79 Å². The van der Waals surface area contributed by atoms with Crippen LogP contribution >= 0.6 is 0 Å². The summed E-state index contributed by atoms with van der Waals surface area (Å²) >= 11 is 0. The van der Waals surface area contributed by atoms with Crippen molar-refractivity contribution in [1.82, 2.24) is 5.73 Å². The fraction of sp³-hybridized carbons (Fsp3) is 0.800. The molecule has 0 aromatic carbocycles. The van der Waals surface area contributed by atoms with Gasteiger partial charge in [-0.25, -0.2) is 0 Å². The molecule has 0 heterocycles. The summed E-state index contributed by atoms with van der Waals surface area (Å²) < 4.78 is 0. The Balaban J connectivity index is 2.25. The second-order valence-corrected chi connectivity index (χ2v) is 2.27. The Labute approximate surface area is 48.0 Å². The highest BCUT2D eigenvalue weighted by Crippen LogP contribution is 2.25. The van der Waals surface area contributed by atoms with Crippen LogP contribution in [0.15, 0.2) is 0 Å². The molecule has 0 aliphatic heterocycles. The molecule has 1 aliphatic carbocycles. The predicted octanol–water partition coefficient (Wildman–Crippen LogP) is -0.467. The van der Waals surface area contributed by atoms with E-state index in [2.05, 4.69) is 0 Å². The molecule has 0 unspecified atom stereocenters. The maximum atomic E-state index is 10.3. The van der Waals surface area contributed by atoms with Crippen LogP contribution in [0.3, 0.4) is 0 Å². The highest BCUT2D eigenvalue weighted by Gasteiger charge is 2.30. The van der Waals surface area contributed by atoms with Gasteiger partial charge in [0.25, 0.3) is 0 Å². The van der Waals surface area contributed by atoms with Crippen molar-refractivity contribution in [1.29, 1.82) is 0 Å². The van der Waals surface area contributed by atoms with Crippen LogP contribution in [0.25, 0.3) is 0 Å². The molecule has 0 bridgehead atoms. The smallest absolute Gasteiger partial charge is 0.220 e. The van der Waals surface area contributed by atoms with Gasteiger partial charge in [-0.3, -0.25) is 10.5 Å². The molecular formula is C5H9N2O. The highest BCUT2D eigenvalue weighted by molar-refractivity contribution is 5.77. The van der Waals surface area contributed by atoms with Gasteiger partial charge in [-0.1, -0.05) is 0 Å². The fourth-order valence-electron chi connectivity index (χ4n) is 0.850. The first kappa shape index (κ1) is 5.56. The predicted molar refractivity (Wildman–Crippen MR) is 28.8 cm³/mol. The molecule has 1 rings (SSSR count). The lowest BCUT2D eigenvalue weighted by Gasteiger charge is -2.28. The first-order valence-electron chi connectivity index (χ1n) is 2.70. The molecule has 1 amide bonds. The van der Waals surface area contributed by atoms with E-state index in [1.807, 2.05) is 0 Å². The Morgan fingerprint density at radius 3 is 2.25 bits per heavy atom. The Bertz CT molecular complexity index is 107. The molecule has 1 aliphatic rings. The van der Waals surface area contributed by atoms with E-state index in [0.29, 0.717) is 12.8 Å². The molecule has 3 nitrogen and oxygen atoms in total.